The van der Waals surface area contributed by atoms with Gasteiger partial charge in [-0.25, -0.2) is 18.2 Å². The molecule has 3 aromatic rings. The van der Waals surface area contributed by atoms with Gasteiger partial charge in [-0.3, -0.25) is 9.89 Å². The van der Waals surface area contributed by atoms with Crippen LogP contribution in [-0.2, 0) is 10.0 Å². The molecule has 0 aliphatic heterocycles. The minimum atomic E-state index is -3.77. The maximum absolute atomic E-state index is 12.6. The van der Waals surface area contributed by atoms with Crippen molar-refractivity contribution >= 4 is 33.0 Å². The Labute approximate surface area is 154 Å². The first-order valence-corrected chi connectivity index (χ1v) is 9.31. The highest BCUT2D eigenvalue weighted by Gasteiger charge is 2.14. The fourth-order valence-corrected chi connectivity index (χ4v) is 3.00. The van der Waals surface area contributed by atoms with Crippen LogP contribution in [0.5, 0.6) is 0 Å². The van der Waals surface area contributed by atoms with Crippen LogP contribution in [0, 0.1) is 6.92 Å². The molecule has 1 aromatic heterocycles. The Hall–Kier alpha value is -2.75. The first kappa shape index (κ1) is 18.1. The van der Waals surface area contributed by atoms with Crippen LogP contribution >= 0.6 is 11.6 Å². The minimum Gasteiger partial charge on any atom is -0.293 e. The molecule has 0 radical (unpaired) electrons. The van der Waals surface area contributed by atoms with E-state index in [1.165, 1.54) is 28.9 Å². The molecule has 0 amide bonds. The molecule has 3 N–H and O–H groups in total. The topological polar surface area (TPSA) is 123 Å². The Bertz CT molecular complexity index is 1150. The lowest BCUT2D eigenvalue weighted by Gasteiger charge is -2.02. The van der Waals surface area contributed by atoms with Crippen molar-refractivity contribution in [3.63, 3.8) is 0 Å². The number of sulfonamides is 1. The van der Waals surface area contributed by atoms with Gasteiger partial charge in [-0.05, 0) is 43.3 Å². The van der Waals surface area contributed by atoms with E-state index in [2.05, 4.69) is 15.3 Å². The summed E-state index contributed by atoms with van der Waals surface area (Å²) in [5.41, 5.74) is 1.11. The number of nitrogens with one attached hydrogen (secondary N) is 1. The highest BCUT2D eigenvalue weighted by atomic mass is 35.5. The molecule has 134 valence electrons. The lowest BCUT2D eigenvalue weighted by molar-refractivity contribution is 0.598. The molecular formula is C16H14ClN5O3S. The lowest BCUT2D eigenvalue weighted by Crippen LogP contribution is -2.14. The smallest absolute Gasteiger partial charge is 0.293 e. The van der Waals surface area contributed by atoms with Gasteiger partial charge in [-0.1, -0.05) is 23.7 Å². The number of aryl methyl sites for hydroxylation is 1. The molecule has 26 heavy (non-hydrogen) atoms. The number of halogens is 1. The molecule has 2 aromatic carbocycles. The van der Waals surface area contributed by atoms with Crippen molar-refractivity contribution in [2.45, 2.75) is 11.8 Å². The van der Waals surface area contributed by atoms with E-state index in [1.54, 1.807) is 31.2 Å². The third-order valence-corrected chi connectivity index (χ3v) is 4.81. The number of rotatable bonds is 4. The number of primary sulfonamides is 1. The molecule has 0 atom stereocenters. The van der Waals surface area contributed by atoms with Crippen molar-refractivity contribution in [3.05, 3.63) is 69.6 Å². The summed E-state index contributed by atoms with van der Waals surface area (Å²) >= 11 is 6.12. The quantitative estimate of drug-likeness (QED) is 0.663. The molecule has 0 saturated heterocycles. The van der Waals surface area contributed by atoms with E-state index in [0.717, 1.165) is 0 Å². The van der Waals surface area contributed by atoms with Crippen LogP contribution in [-0.4, -0.2) is 18.2 Å². The van der Waals surface area contributed by atoms with E-state index >= 15 is 0 Å². The van der Waals surface area contributed by atoms with Crippen molar-refractivity contribution in [3.8, 4) is 5.69 Å². The van der Waals surface area contributed by atoms with Crippen molar-refractivity contribution < 1.29 is 8.42 Å². The van der Waals surface area contributed by atoms with Gasteiger partial charge in [0, 0.05) is 0 Å². The van der Waals surface area contributed by atoms with Crippen LogP contribution in [0.4, 0.5) is 11.4 Å². The van der Waals surface area contributed by atoms with Crippen molar-refractivity contribution in [2.24, 2.45) is 15.4 Å². The fraction of sp³-hybridized carbons (Fsp3) is 0.0625. The summed E-state index contributed by atoms with van der Waals surface area (Å²) in [5, 5.41) is 16.3. The van der Waals surface area contributed by atoms with E-state index in [0.29, 0.717) is 22.1 Å². The molecule has 0 bridgehead atoms. The van der Waals surface area contributed by atoms with Gasteiger partial charge in [0.05, 0.1) is 27.0 Å². The molecule has 1 heterocycles. The third kappa shape index (κ3) is 3.59. The van der Waals surface area contributed by atoms with Crippen LogP contribution in [0.25, 0.3) is 5.69 Å². The zero-order chi connectivity index (χ0) is 18.9. The summed E-state index contributed by atoms with van der Waals surface area (Å²) < 4.78 is 23.8. The number of nitrogens with two attached hydrogens (primary N) is 1. The van der Waals surface area contributed by atoms with E-state index in [1.807, 2.05) is 0 Å². The SMILES string of the molecule is Cc1[nH]n(-c2ccccc2Cl)c(=O)c1N=Nc1ccc(S(N)(=O)=O)cc1. The number of hydrogen-bond acceptors (Lipinski definition) is 5. The van der Waals surface area contributed by atoms with Gasteiger partial charge in [0.2, 0.25) is 10.0 Å². The van der Waals surface area contributed by atoms with Gasteiger partial charge in [0.25, 0.3) is 5.56 Å². The zero-order valence-electron chi connectivity index (χ0n) is 13.5. The predicted octanol–water partition coefficient (Wildman–Crippen LogP) is 3.19. The van der Waals surface area contributed by atoms with Gasteiger partial charge >= 0.3 is 0 Å². The van der Waals surface area contributed by atoms with Crippen molar-refractivity contribution in [1.82, 2.24) is 9.78 Å². The fourth-order valence-electron chi connectivity index (χ4n) is 2.27. The van der Waals surface area contributed by atoms with Gasteiger partial charge in [-0.2, -0.15) is 5.11 Å². The number of azo groups is 1. The minimum absolute atomic E-state index is 0.0321. The normalized spacial score (nSPS) is 12.0. The number of para-hydroxylation sites is 1. The summed E-state index contributed by atoms with van der Waals surface area (Å²) in [6, 6.07) is 12.4. The largest absolute Gasteiger partial charge is 0.299 e. The maximum Gasteiger partial charge on any atom is 0.299 e. The average molecular weight is 392 g/mol. The Balaban J connectivity index is 1.95. The van der Waals surface area contributed by atoms with Crippen LogP contribution in [0.15, 0.2) is 68.4 Å². The van der Waals surface area contributed by atoms with Crippen molar-refractivity contribution in [2.75, 3.05) is 0 Å². The van der Waals surface area contributed by atoms with E-state index < -0.39 is 15.6 Å². The van der Waals surface area contributed by atoms with Crippen LogP contribution < -0.4 is 10.7 Å². The number of nitrogens with zero attached hydrogens (tertiary/aromatic N) is 3. The third-order valence-electron chi connectivity index (χ3n) is 3.56. The van der Waals surface area contributed by atoms with Gasteiger partial charge in [0.15, 0.2) is 5.69 Å². The molecule has 0 spiro atoms. The van der Waals surface area contributed by atoms with Crippen LogP contribution in [0.1, 0.15) is 5.69 Å². The summed E-state index contributed by atoms with van der Waals surface area (Å²) in [6.45, 7) is 1.69. The Kier molecular flexibility index (Phi) is 4.77. The zero-order valence-corrected chi connectivity index (χ0v) is 15.1. The standard InChI is InChI=1S/C16H14ClN5O3S/c1-10-15(16(23)22(21-10)14-5-3-2-4-13(14)17)20-19-11-6-8-12(9-7-11)26(18,24)25/h2-9,21H,1H3,(H2,18,24,25). The van der Waals surface area contributed by atoms with Crippen LogP contribution in [0.2, 0.25) is 5.02 Å². The average Bonchev–Trinajstić information content (AvgIpc) is 2.87. The second-order valence-corrected chi connectivity index (χ2v) is 7.38. The number of aromatic amines is 1. The highest BCUT2D eigenvalue weighted by molar-refractivity contribution is 7.89. The van der Waals surface area contributed by atoms with E-state index in [9.17, 15) is 13.2 Å². The Morgan fingerprint density at radius 2 is 1.73 bits per heavy atom. The molecule has 0 unspecified atom stereocenters. The Morgan fingerprint density at radius 1 is 1.08 bits per heavy atom. The monoisotopic (exact) mass is 391 g/mol. The number of benzene rings is 2. The van der Waals surface area contributed by atoms with E-state index in [4.69, 9.17) is 16.7 Å². The molecule has 0 fully saturated rings. The van der Waals surface area contributed by atoms with Gasteiger partial charge < -0.3 is 0 Å². The molecule has 0 saturated carbocycles. The second-order valence-electron chi connectivity index (χ2n) is 5.42. The van der Waals surface area contributed by atoms with Crippen LogP contribution in [0.3, 0.4) is 0 Å². The van der Waals surface area contributed by atoms with Gasteiger partial charge in [-0.15, -0.1) is 5.11 Å². The Morgan fingerprint density at radius 3 is 2.35 bits per heavy atom. The summed E-state index contributed by atoms with van der Waals surface area (Å²) in [7, 11) is -3.77. The number of aromatic nitrogens is 2. The molecule has 10 heteroatoms. The molecule has 8 nitrogen and oxygen atoms in total. The lowest BCUT2D eigenvalue weighted by atomic mass is 10.3. The summed E-state index contributed by atoms with van der Waals surface area (Å²) in [5.74, 6) is 0. The first-order chi connectivity index (χ1) is 12.3. The molecule has 0 aliphatic rings. The number of H-pyrrole nitrogens is 1. The summed E-state index contributed by atoms with van der Waals surface area (Å²) in [6.07, 6.45) is 0. The molecule has 0 aliphatic carbocycles. The summed E-state index contributed by atoms with van der Waals surface area (Å²) in [4.78, 5) is 12.5. The van der Waals surface area contributed by atoms with E-state index in [-0.39, 0.29) is 10.6 Å². The first-order valence-electron chi connectivity index (χ1n) is 7.38. The predicted molar refractivity (Wildman–Crippen MR) is 98.1 cm³/mol. The van der Waals surface area contributed by atoms with Crippen molar-refractivity contribution in [1.29, 1.82) is 0 Å². The second kappa shape index (κ2) is 6.87. The molecular weight excluding hydrogens is 378 g/mol. The highest BCUT2D eigenvalue weighted by Crippen LogP contribution is 2.22. The number of hydrogen-bond donors (Lipinski definition) is 2. The maximum atomic E-state index is 12.6. The molecule has 3 rings (SSSR count). The van der Waals surface area contributed by atoms with Gasteiger partial charge in [0.1, 0.15) is 0 Å².